The number of Topliss-reactive ketones (excluding diaryl/α,β-unsaturated/α-hetero) is 1. The first-order valence-electron chi connectivity index (χ1n) is 9.61. The van der Waals surface area contributed by atoms with Gasteiger partial charge in [0.15, 0.2) is 11.2 Å². The van der Waals surface area contributed by atoms with Crippen molar-refractivity contribution in [2.24, 2.45) is 0 Å². The highest BCUT2D eigenvalue weighted by atomic mass is 32.1. The van der Waals surface area contributed by atoms with E-state index in [1.165, 1.54) is 6.07 Å². The molecule has 0 amide bonds. The Kier molecular flexibility index (Phi) is 4.50. The van der Waals surface area contributed by atoms with Crippen LogP contribution in [-0.2, 0) is 10.2 Å². The van der Waals surface area contributed by atoms with Gasteiger partial charge in [-0.25, -0.2) is 0 Å². The molecule has 0 bridgehead atoms. The average Bonchev–Trinajstić information content (AvgIpc) is 3.18. The van der Waals surface area contributed by atoms with Gasteiger partial charge in [-0.1, -0.05) is 32.9 Å². The van der Waals surface area contributed by atoms with Gasteiger partial charge < -0.3 is 9.52 Å². The van der Waals surface area contributed by atoms with Crippen LogP contribution < -0.4 is 5.43 Å². The van der Waals surface area contributed by atoms with Gasteiger partial charge in [0.2, 0.25) is 0 Å². The van der Waals surface area contributed by atoms with Gasteiger partial charge in [0.25, 0.3) is 0 Å². The van der Waals surface area contributed by atoms with E-state index in [1.807, 2.05) is 50.4 Å². The minimum Gasteiger partial charge on any atom is -0.507 e. The molecular formula is C23H22O4S. The van der Waals surface area contributed by atoms with Crippen molar-refractivity contribution in [3.8, 4) is 11.3 Å². The molecule has 0 atom stereocenters. The lowest BCUT2D eigenvalue weighted by molar-refractivity contribution is -0.122. The summed E-state index contributed by atoms with van der Waals surface area (Å²) in [7, 11) is 0. The van der Waals surface area contributed by atoms with Gasteiger partial charge in [0.1, 0.15) is 22.8 Å². The Hall–Kier alpha value is -2.66. The molecule has 0 saturated carbocycles. The Morgan fingerprint density at radius 2 is 1.86 bits per heavy atom. The number of hydrogen-bond acceptors (Lipinski definition) is 5. The van der Waals surface area contributed by atoms with Crippen molar-refractivity contribution in [1.82, 2.24) is 0 Å². The SMILES string of the molecule is CCC1=C(O)c2c(oc(-c3cccc4ccsc34)cc2=O)C(CC)(CC)C1=O. The quantitative estimate of drug-likeness (QED) is 0.603. The van der Waals surface area contributed by atoms with Crippen LogP contribution in [0.15, 0.2) is 50.5 Å². The van der Waals surface area contributed by atoms with E-state index >= 15 is 0 Å². The van der Waals surface area contributed by atoms with Gasteiger partial charge in [-0.05, 0) is 42.2 Å². The summed E-state index contributed by atoms with van der Waals surface area (Å²) in [6.45, 7) is 5.67. The average molecular weight is 394 g/mol. The molecule has 2 heterocycles. The molecule has 5 heteroatoms. The van der Waals surface area contributed by atoms with E-state index in [2.05, 4.69) is 0 Å². The summed E-state index contributed by atoms with van der Waals surface area (Å²) in [5.74, 6) is 0.367. The second-order valence-electron chi connectivity index (χ2n) is 7.12. The molecule has 1 aromatic carbocycles. The van der Waals surface area contributed by atoms with Gasteiger partial charge in [-0.3, -0.25) is 9.59 Å². The molecule has 4 rings (SSSR count). The van der Waals surface area contributed by atoms with Crippen molar-refractivity contribution in [3.05, 3.63) is 62.8 Å². The maximum absolute atomic E-state index is 13.3. The summed E-state index contributed by atoms with van der Waals surface area (Å²) >= 11 is 1.58. The molecule has 144 valence electrons. The summed E-state index contributed by atoms with van der Waals surface area (Å²) in [5, 5.41) is 13.8. The fraction of sp³-hybridized carbons (Fsp3) is 0.304. The number of ketones is 1. The zero-order valence-electron chi connectivity index (χ0n) is 16.2. The fourth-order valence-corrected chi connectivity index (χ4v) is 5.16. The Morgan fingerprint density at radius 1 is 1.11 bits per heavy atom. The summed E-state index contributed by atoms with van der Waals surface area (Å²) in [6, 6.07) is 9.31. The molecule has 0 saturated heterocycles. The van der Waals surface area contributed by atoms with E-state index in [0.29, 0.717) is 36.4 Å². The third-order valence-corrected chi connectivity index (χ3v) is 6.88. The second kappa shape index (κ2) is 6.74. The van der Waals surface area contributed by atoms with E-state index in [4.69, 9.17) is 4.42 Å². The highest BCUT2D eigenvalue weighted by Crippen LogP contribution is 2.45. The molecule has 1 N–H and O–H groups in total. The minimum atomic E-state index is -0.925. The number of aliphatic hydroxyl groups excluding tert-OH is 1. The van der Waals surface area contributed by atoms with Crippen LogP contribution in [0.25, 0.3) is 27.2 Å². The molecule has 1 aliphatic carbocycles. The van der Waals surface area contributed by atoms with E-state index in [9.17, 15) is 14.7 Å². The maximum atomic E-state index is 13.3. The van der Waals surface area contributed by atoms with Crippen LogP contribution in [-0.4, -0.2) is 10.9 Å². The predicted molar refractivity (Wildman–Crippen MR) is 113 cm³/mol. The van der Waals surface area contributed by atoms with Gasteiger partial charge in [0.05, 0.1) is 5.41 Å². The molecule has 2 aromatic heterocycles. The van der Waals surface area contributed by atoms with Crippen LogP contribution in [0.3, 0.4) is 0 Å². The van der Waals surface area contributed by atoms with E-state index in [1.54, 1.807) is 11.3 Å². The number of carbonyl (C=O) groups excluding carboxylic acids is 1. The number of rotatable bonds is 4. The number of allylic oxidation sites excluding steroid dienone is 1. The Bertz CT molecular complexity index is 1170. The normalized spacial score (nSPS) is 15.9. The van der Waals surface area contributed by atoms with Crippen LogP contribution >= 0.6 is 11.3 Å². The maximum Gasteiger partial charge on any atom is 0.196 e. The van der Waals surface area contributed by atoms with Crippen molar-refractivity contribution in [2.75, 3.05) is 0 Å². The molecule has 28 heavy (non-hydrogen) atoms. The topological polar surface area (TPSA) is 67.5 Å². The first-order valence-corrected chi connectivity index (χ1v) is 10.5. The fourth-order valence-electron chi connectivity index (χ4n) is 4.25. The zero-order valence-corrected chi connectivity index (χ0v) is 17.0. The van der Waals surface area contributed by atoms with Gasteiger partial charge >= 0.3 is 0 Å². The summed E-state index contributed by atoms with van der Waals surface area (Å²) in [5.41, 5.74) is 0.0439. The zero-order chi connectivity index (χ0) is 20.1. The lowest BCUT2D eigenvalue weighted by Gasteiger charge is -2.35. The third-order valence-electron chi connectivity index (χ3n) is 5.92. The molecule has 4 nitrogen and oxygen atoms in total. The number of aliphatic hydroxyl groups is 1. The minimum absolute atomic E-state index is 0.139. The first kappa shape index (κ1) is 18.7. The van der Waals surface area contributed by atoms with Crippen LogP contribution in [0.2, 0.25) is 0 Å². The van der Waals surface area contributed by atoms with Crippen molar-refractivity contribution in [3.63, 3.8) is 0 Å². The number of benzene rings is 1. The predicted octanol–water partition coefficient (Wildman–Crippen LogP) is 5.84. The molecule has 0 spiro atoms. The molecule has 1 aliphatic rings. The number of thiophene rings is 1. The number of fused-ring (bicyclic) bond motifs is 2. The van der Waals surface area contributed by atoms with E-state index in [0.717, 1.165) is 15.6 Å². The van der Waals surface area contributed by atoms with Crippen LogP contribution in [0.5, 0.6) is 0 Å². The molecule has 0 aliphatic heterocycles. The molecular weight excluding hydrogens is 372 g/mol. The molecule has 0 fully saturated rings. The lowest BCUT2D eigenvalue weighted by Crippen LogP contribution is -2.41. The van der Waals surface area contributed by atoms with Crippen molar-refractivity contribution in [1.29, 1.82) is 0 Å². The highest BCUT2D eigenvalue weighted by Gasteiger charge is 2.48. The van der Waals surface area contributed by atoms with Gasteiger partial charge in [-0.15, -0.1) is 11.3 Å². The monoisotopic (exact) mass is 394 g/mol. The molecule has 0 radical (unpaired) electrons. The molecule has 3 aromatic rings. The van der Waals surface area contributed by atoms with Crippen molar-refractivity contribution in [2.45, 2.75) is 45.4 Å². The largest absolute Gasteiger partial charge is 0.507 e. The van der Waals surface area contributed by atoms with Crippen LogP contribution in [0, 0.1) is 0 Å². The third kappa shape index (κ3) is 2.42. The van der Waals surface area contributed by atoms with E-state index < -0.39 is 5.41 Å². The Labute approximate surface area is 167 Å². The molecule has 0 unspecified atom stereocenters. The lowest BCUT2D eigenvalue weighted by atomic mass is 9.68. The van der Waals surface area contributed by atoms with Crippen molar-refractivity contribution >= 4 is 33.0 Å². The van der Waals surface area contributed by atoms with E-state index in [-0.39, 0.29) is 22.5 Å². The second-order valence-corrected chi connectivity index (χ2v) is 8.04. The Balaban J connectivity index is 2.08. The first-order chi connectivity index (χ1) is 13.5. The number of carbonyl (C=O) groups is 1. The van der Waals surface area contributed by atoms with Crippen LogP contribution in [0.4, 0.5) is 0 Å². The number of hydrogen-bond donors (Lipinski definition) is 1. The van der Waals surface area contributed by atoms with Gasteiger partial charge in [-0.2, -0.15) is 0 Å². The van der Waals surface area contributed by atoms with Gasteiger partial charge in [0, 0.05) is 21.9 Å². The standard InChI is InChI=1S/C23H22O4S/c1-4-14-19(25)18-16(24)12-17(15-9-7-8-13-10-11-28-20(13)15)27-22(18)23(5-2,6-3)21(14)26/h7-12,25H,4-6H2,1-3H3. The summed E-state index contributed by atoms with van der Waals surface area (Å²) in [6.07, 6.45) is 1.38. The van der Waals surface area contributed by atoms with Crippen LogP contribution in [0.1, 0.15) is 51.4 Å². The van der Waals surface area contributed by atoms with Crippen molar-refractivity contribution < 1.29 is 14.3 Å². The summed E-state index contributed by atoms with van der Waals surface area (Å²) in [4.78, 5) is 26.3. The smallest absolute Gasteiger partial charge is 0.196 e. The highest BCUT2D eigenvalue weighted by molar-refractivity contribution is 7.17. The Morgan fingerprint density at radius 3 is 2.54 bits per heavy atom. The summed E-state index contributed by atoms with van der Waals surface area (Å²) < 4.78 is 7.30.